The molecule has 0 amide bonds. The molecule has 0 bridgehead atoms. The average molecular weight is 218 g/mol. The van der Waals surface area contributed by atoms with Gasteiger partial charge < -0.3 is 0 Å². The van der Waals surface area contributed by atoms with Gasteiger partial charge in [0.2, 0.25) is 0 Å². The predicted molar refractivity (Wildman–Crippen MR) is 66.6 cm³/mol. The maximum absolute atomic E-state index is 2.39. The van der Waals surface area contributed by atoms with Gasteiger partial charge in [0.1, 0.15) is 0 Å². The highest BCUT2D eigenvalue weighted by molar-refractivity contribution is 8.18. The van der Waals surface area contributed by atoms with Crippen LogP contribution in [0.3, 0.4) is 0 Å². The van der Waals surface area contributed by atoms with Gasteiger partial charge >= 0.3 is 0 Å². The Balaban J connectivity index is 2.86. The lowest BCUT2D eigenvalue weighted by molar-refractivity contribution is 0.305. The van der Waals surface area contributed by atoms with Crippen LogP contribution in [0.15, 0.2) is 0 Å². The van der Waals surface area contributed by atoms with Crippen LogP contribution in [0.4, 0.5) is 0 Å². The van der Waals surface area contributed by atoms with Crippen molar-refractivity contribution < 1.29 is 0 Å². The van der Waals surface area contributed by atoms with Gasteiger partial charge in [-0.05, 0) is 29.3 Å². The Bertz CT molecular complexity index is 161. The zero-order chi connectivity index (χ0) is 10.1. The fraction of sp³-hybridized carbons (Fsp3) is 1.00. The van der Waals surface area contributed by atoms with Gasteiger partial charge in [0.15, 0.2) is 0 Å². The summed E-state index contributed by atoms with van der Waals surface area (Å²) in [5, 5.41) is 0. The highest BCUT2D eigenvalue weighted by Gasteiger charge is 2.46. The highest BCUT2D eigenvalue weighted by atomic mass is 32.2. The van der Waals surface area contributed by atoms with Crippen LogP contribution in [0.5, 0.6) is 0 Å². The van der Waals surface area contributed by atoms with Crippen LogP contribution < -0.4 is 0 Å². The summed E-state index contributed by atoms with van der Waals surface area (Å²) in [5.41, 5.74) is 0.414. The van der Waals surface area contributed by atoms with Gasteiger partial charge in [-0.15, -0.1) is 23.5 Å². The standard InChI is InChI=1S/C11H22S2/c1-9(2)11(10(3,4)5)12-7-6-8-13-11/h9H,6-8H2,1-5H3. The SMILES string of the molecule is CC(C)C1(C(C)(C)C)SCCCS1. The maximum atomic E-state index is 2.39. The van der Waals surface area contributed by atoms with Crippen molar-refractivity contribution in [2.24, 2.45) is 11.3 Å². The minimum atomic E-state index is 0.414. The molecule has 0 nitrogen and oxygen atoms in total. The van der Waals surface area contributed by atoms with Crippen LogP contribution in [0.2, 0.25) is 0 Å². The normalized spacial score (nSPS) is 23.5. The minimum Gasteiger partial charge on any atom is -0.143 e. The number of hydrogen-bond acceptors (Lipinski definition) is 2. The van der Waals surface area contributed by atoms with Gasteiger partial charge in [0, 0.05) is 0 Å². The van der Waals surface area contributed by atoms with E-state index in [0.717, 1.165) is 5.92 Å². The Morgan fingerprint density at radius 2 is 1.54 bits per heavy atom. The lowest BCUT2D eigenvalue weighted by Gasteiger charge is -2.49. The van der Waals surface area contributed by atoms with Crippen molar-refractivity contribution in [3.8, 4) is 0 Å². The van der Waals surface area contributed by atoms with Crippen LogP contribution in [0, 0.1) is 11.3 Å². The summed E-state index contributed by atoms with van der Waals surface area (Å²) in [6.07, 6.45) is 1.39. The monoisotopic (exact) mass is 218 g/mol. The van der Waals surface area contributed by atoms with E-state index < -0.39 is 0 Å². The molecule has 0 aromatic heterocycles. The molecule has 0 atom stereocenters. The Morgan fingerprint density at radius 1 is 1.08 bits per heavy atom. The van der Waals surface area contributed by atoms with E-state index in [1.54, 1.807) is 0 Å². The first kappa shape index (κ1) is 11.8. The summed E-state index contributed by atoms with van der Waals surface area (Å²) in [5.74, 6) is 3.47. The van der Waals surface area contributed by atoms with Crippen molar-refractivity contribution in [2.75, 3.05) is 11.5 Å². The smallest absolute Gasteiger partial charge is 0.0681 e. The molecule has 0 saturated carbocycles. The van der Waals surface area contributed by atoms with Gasteiger partial charge in [-0.3, -0.25) is 0 Å². The van der Waals surface area contributed by atoms with Crippen LogP contribution in [0.1, 0.15) is 41.0 Å². The van der Waals surface area contributed by atoms with E-state index in [-0.39, 0.29) is 0 Å². The van der Waals surface area contributed by atoms with Gasteiger partial charge in [0.25, 0.3) is 0 Å². The second-order valence-electron chi connectivity index (χ2n) is 5.12. The second-order valence-corrected chi connectivity index (χ2v) is 8.06. The number of rotatable bonds is 1. The van der Waals surface area contributed by atoms with Crippen LogP contribution in [-0.2, 0) is 0 Å². The molecule has 0 aromatic rings. The van der Waals surface area contributed by atoms with Crippen LogP contribution in [0.25, 0.3) is 0 Å². The minimum absolute atomic E-state index is 0.414. The molecule has 1 rings (SSSR count). The molecular formula is C11H22S2. The zero-order valence-electron chi connectivity index (χ0n) is 9.52. The van der Waals surface area contributed by atoms with E-state index >= 15 is 0 Å². The molecule has 1 fully saturated rings. The Kier molecular flexibility index (Phi) is 3.67. The third-order valence-corrected chi connectivity index (χ3v) is 7.45. The van der Waals surface area contributed by atoms with Crippen molar-refractivity contribution in [2.45, 2.75) is 45.1 Å². The lowest BCUT2D eigenvalue weighted by Crippen LogP contribution is -2.43. The number of hydrogen-bond donors (Lipinski definition) is 0. The molecule has 78 valence electrons. The summed E-state index contributed by atoms with van der Waals surface area (Å²) in [7, 11) is 0. The Morgan fingerprint density at radius 3 is 1.77 bits per heavy atom. The molecule has 0 N–H and O–H groups in total. The molecule has 0 aromatic carbocycles. The summed E-state index contributed by atoms with van der Waals surface area (Å²) in [4.78, 5) is 0. The first-order valence-electron chi connectivity index (χ1n) is 5.18. The fourth-order valence-corrected chi connectivity index (χ4v) is 5.91. The van der Waals surface area contributed by atoms with E-state index in [4.69, 9.17) is 0 Å². The van der Waals surface area contributed by atoms with Gasteiger partial charge in [-0.25, -0.2) is 0 Å². The summed E-state index contributed by atoms with van der Waals surface area (Å²) < 4.78 is 0.450. The van der Waals surface area contributed by atoms with Crippen LogP contribution in [-0.4, -0.2) is 15.6 Å². The quantitative estimate of drug-likeness (QED) is 0.645. The summed E-state index contributed by atoms with van der Waals surface area (Å²) in [6.45, 7) is 11.9. The largest absolute Gasteiger partial charge is 0.143 e. The highest BCUT2D eigenvalue weighted by Crippen LogP contribution is 2.57. The van der Waals surface area contributed by atoms with Crippen LogP contribution >= 0.6 is 23.5 Å². The Labute approximate surface area is 91.6 Å². The Hall–Kier alpha value is 0.700. The first-order chi connectivity index (χ1) is 5.90. The van der Waals surface area contributed by atoms with E-state index in [2.05, 4.69) is 58.1 Å². The van der Waals surface area contributed by atoms with E-state index in [0.29, 0.717) is 9.49 Å². The molecule has 1 aliphatic heterocycles. The second kappa shape index (κ2) is 4.06. The summed E-state index contributed by atoms with van der Waals surface area (Å²) >= 11 is 4.38. The van der Waals surface area contributed by atoms with Crippen molar-refractivity contribution in [1.29, 1.82) is 0 Å². The molecule has 0 spiro atoms. The lowest BCUT2D eigenvalue weighted by atomic mass is 9.84. The van der Waals surface area contributed by atoms with Gasteiger partial charge in [-0.2, -0.15) is 0 Å². The fourth-order valence-electron chi connectivity index (χ4n) is 2.18. The third kappa shape index (κ3) is 2.20. The van der Waals surface area contributed by atoms with Crippen molar-refractivity contribution in [3.63, 3.8) is 0 Å². The molecule has 1 aliphatic rings. The maximum Gasteiger partial charge on any atom is 0.0681 e. The van der Waals surface area contributed by atoms with E-state index in [1.165, 1.54) is 17.9 Å². The van der Waals surface area contributed by atoms with Crippen molar-refractivity contribution in [1.82, 2.24) is 0 Å². The zero-order valence-corrected chi connectivity index (χ0v) is 11.1. The molecule has 0 radical (unpaired) electrons. The number of thioether (sulfide) groups is 2. The molecule has 0 aliphatic carbocycles. The molecule has 13 heavy (non-hydrogen) atoms. The molecule has 1 heterocycles. The van der Waals surface area contributed by atoms with E-state index in [1.807, 2.05) is 0 Å². The molecule has 1 saturated heterocycles. The molecule has 0 unspecified atom stereocenters. The third-order valence-electron chi connectivity index (χ3n) is 2.73. The van der Waals surface area contributed by atoms with Crippen molar-refractivity contribution >= 4 is 23.5 Å². The van der Waals surface area contributed by atoms with Crippen molar-refractivity contribution in [3.05, 3.63) is 0 Å². The molecular weight excluding hydrogens is 196 g/mol. The molecule has 2 heteroatoms. The topological polar surface area (TPSA) is 0 Å². The summed E-state index contributed by atoms with van der Waals surface area (Å²) in [6, 6.07) is 0. The average Bonchev–Trinajstić information content (AvgIpc) is 2.03. The van der Waals surface area contributed by atoms with Gasteiger partial charge in [-0.1, -0.05) is 34.6 Å². The predicted octanol–water partition coefficient (Wildman–Crippen LogP) is 4.25. The van der Waals surface area contributed by atoms with Gasteiger partial charge in [0.05, 0.1) is 4.08 Å². The van der Waals surface area contributed by atoms with E-state index in [9.17, 15) is 0 Å². The first-order valence-corrected chi connectivity index (χ1v) is 7.15.